The van der Waals surface area contributed by atoms with Crippen LogP contribution in [0.2, 0.25) is 5.02 Å². The quantitative estimate of drug-likeness (QED) is 0.765. The highest BCUT2D eigenvalue weighted by Crippen LogP contribution is 2.31. The standard InChI is InChI=1S/C17H15ClN2OS/c1-21-12-8-6-11(7-9-12)15-10-22-17(20-15)16(19)13-4-2-3-5-14(13)18/h2-10,16H,19H2,1H3. The van der Waals surface area contributed by atoms with Crippen LogP contribution in [0, 0.1) is 0 Å². The van der Waals surface area contributed by atoms with Crippen LogP contribution >= 0.6 is 22.9 Å². The van der Waals surface area contributed by atoms with Gasteiger partial charge >= 0.3 is 0 Å². The molecule has 1 unspecified atom stereocenters. The van der Waals surface area contributed by atoms with Gasteiger partial charge in [-0.15, -0.1) is 11.3 Å². The fraction of sp³-hybridized carbons (Fsp3) is 0.118. The second-order valence-corrected chi connectivity index (χ2v) is 6.10. The lowest BCUT2D eigenvalue weighted by Crippen LogP contribution is -2.12. The Bertz CT molecular complexity index is 770. The molecular weight excluding hydrogens is 316 g/mol. The summed E-state index contributed by atoms with van der Waals surface area (Å²) in [6, 6.07) is 15.1. The SMILES string of the molecule is COc1ccc(-c2csc(C(N)c3ccccc3Cl)n2)cc1. The molecule has 0 bridgehead atoms. The highest BCUT2D eigenvalue weighted by molar-refractivity contribution is 7.10. The summed E-state index contributed by atoms with van der Waals surface area (Å²) in [5.41, 5.74) is 9.13. The average molecular weight is 331 g/mol. The van der Waals surface area contributed by atoms with Gasteiger partial charge in [0.15, 0.2) is 0 Å². The lowest BCUT2D eigenvalue weighted by Gasteiger charge is -2.10. The molecule has 0 aliphatic carbocycles. The summed E-state index contributed by atoms with van der Waals surface area (Å²) in [6.45, 7) is 0. The van der Waals surface area contributed by atoms with E-state index in [0.29, 0.717) is 5.02 Å². The Labute approximate surface area is 138 Å². The zero-order valence-electron chi connectivity index (χ0n) is 12.0. The number of nitrogens with two attached hydrogens (primary N) is 1. The number of ether oxygens (including phenoxy) is 1. The summed E-state index contributed by atoms with van der Waals surface area (Å²) in [5, 5.41) is 3.52. The summed E-state index contributed by atoms with van der Waals surface area (Å²) in [5.74, 6) is 0.826. The Morgan fingerprint density at radius 2 is 1.86 bits per heavy atom. The van der Waals surface area contributed by atoms with Crippen molar-refractivity contribution in [3.63, 3.8) is 0 Å². The molecule has 0 aliphatic heterocycles. The average Bonchev–Trinajstić information content (AvgIpc) is 3.05. The molecule has 3 aromatic rings. The Morgan fingerprint density at radius 3 is 2.55 bits per heavy atom. The van der Waals surface area contributed by atoms with E-state index in [9.17, 15) is 0 Å². The molecule has 1 heterocycles. The maximum absolute atomic E-state index is 6.30. The van der Waals surface area contributed by atoms with Gasteiger partial charge in [0, 0.05) is 16.0 Å². The Kier molecular flexibility index (Phi) is 4.43. The van der Waals surface area contributed by atoms with Crippen molar-refractivity contribution < 1.29 is 4.74 Å². The molecule has 5 heteroatoms. The second-order valence-electron chi connectivity index (χ2n) is 4.80. The molecule has 1 atom stereocenters. The first-order valence-corrected chi connectivity index (χ1v) is 8.04. The maximum Gasteiger partial charge on any atom is 0.118 e. The van der Waals surface area contributed by atoms with E-state index in [1.54, 1.807) is 7.11 Å². The van der Waals surface area contributed by atoms with Gasteiger partial charge in [-0.3, -0.25) is 0 Å². The van der Waals surface area contributed by atoms with Crippen molar-refractivity contribution >= 4 is 22.9 Å². The van der Waals surface area contributed by atoms with Gasteiger partial charge in [0.25, 0.3) is 0 Å². The van der Waals surface area contributed by atoms with Crippen molar-refractivity contribution in [2.45, 2.75) is 6.04 Å². The van der Waals surface area contributed by atoms with Crippen LogP contribution in [0.5, 0.6) is 5.75 Å². The Balaban J connectivity index is 1.88. The van der Waals surface area contributed by atoms with E-state index in [2.05, 4.69) is 4.98 Å². The number of hydrogen-bond acceptors (Lipinski definition) is 4. The molecule has 0 aliphatic rings. The molecular formula is C17H15ClN2OS. The molecule has 112 valence electrons. The summed E-state index contributed by atoms with van der Waals surface area (Å²) in [6.07, 6.45) is 0. The van der Waals surface area contributed by atoms with Crippen molar-refractivity contribution in [2.75, 3.05) is 7.11 Å². The third-order valence-corrected chi connectivity index (χ3v) is 4.69. The van der Waals surface area contributed by atoms with Crippen molar-refractivity contribution in [1.82, 2.24) is 4.98 Å². The van der Waals surface area contributed by atoms with Crippen LogP contribution in [-0.2, 0) is 0 Å². The van der Waals surface area contributed by atoms with E-state index >= 15 is 0 Å². The van der Waals surface area contributed by atoms with E-state index in [4.69, 9.17) is 22.1 Å². The number of aromatic nitrogens is 1. The number of benzene rings is 2. The largest absolute Gasteiger partial charge is 0.497 e. The Hall–Kier alpha value is -1.88. The molecule has 0 fully saturated rings. The zero-order chi connectivity index (χ0) is 15.5. The van der Waals surface area contributed by atoms with E-state index in [-0.39, 0.29) is 6.04 Å². The number of rotatable bonds is 4. The summed E-state index contributed by atoms with van der Waals surface area (Å²) in [7, 11) is 1.65. The van der Waals surface area contributed by atoms with E-state index in [0.717, 1.165) is 27.6 Å². The fourth-order valence-electron chi connectivity index (χ4n) is 2.19. The third-order valence-electron chi connectivity index (χ3n) is 3.41. The van der Waals surface area contributed by atoms with Crippen molar-refractivity contribution in [1.29, 1.82) is 0 Å². The smallest absolute Gasteiger partial charge is 0.118 e. The van der Waals surface area contributed by atoms with Gasteiger partial charge in [-0.05, 0) is 35.9 Å². The van der Waals surface area contributed by atoms with E-state index < -0.39 is 0 Å². The highest BCUT2D eigenvalue weighted by atomic mass is 35.5. The van der Waals surface area contributed by atoms with Gasteiger partial charge in [-0.25, -0.2) is 4.98 Å². The molecule has 3 nitrogen and oxygen atoms in total. The maximum atomic E-state index is 6.30. The first-order chi connectivity index (χ1) is 10.7. The molecule has 0 saturated heterocycles. The molecule has 3 rings (SSSR count). The fourth-order valence-corrected chi connectivity index (χ4v) is 3.28. The third kappa shape index (κ3) is 2.99. The van der Waals surface area contributed by atoms with Gasteiger partial charge in [0.05, 0.1) is 18.8 Å². The predicted octanol–water partition coefficient (Wildman–Crippen LogP) is 4.52. The lowest BCUT2D eigenvalue weighted by molar-refractivity contribution is 0.415. The number of methoxy groups -OCH3 is 1. The molecule has 2 N–H and O–H groups in total. The second kappa shape index (κ2) is 6.48. The topological polar surface area (TPSA) is 48.1 Å². The van der Waals surface area contributed by atoms with Crippen LogP contribution in [0.15, 0.2) is 53.9 Å². The summed E-state index contributed by atoms with van der Waals surface area (Å²) in [4.78, 5) is 4.65. The van der Waals surface area contributed by atoms with Crippen molar-refractivity contribution in [2.24, 2.45) is 5.73 Å². The van der Waals surface area contributed by atoms with Crippen LogP contribution < -0.4 is 10.5 Å². The minimum Gasteiger partial charge on any atom is -0.497 e. The number of halogens is 1. The number of hydrogen-bond donors (Lipinski definition) is 1. The summed E-state index contributed by atoms with van der Waals surface area (Å²) >= 11 is 7.75. The van der Waals surface area contributed by atoms with Crippen molar-refractivity contribution in [3.05, 3.63) is 69.5 Å². The summed E-state index contributed by atoms with van der Waals surface area (Å²) < 4.78 is 5.17. The minimum absolute atomic E-state index is 0.314. The van der Waals surface area contributed by atoms with Crippen LogP contribution in [0.25, 0.3) is 11.3 Å². The van der Waals surface area contributed by atoms with Gasteiger partial charge in [-0.1, -0.05) is 29.8 Å². The normalized spacial score (nSPS) is 12.1. The minimum atomic E-state index is -0.314. The van der Waals surface area contributed by atoms with Gasteiger partial charge < -0.3 is 10.5 Å². The number of thiazole rings is 1. The van der Waals surface area contributed by atoms with Crippen LogP contribution in [0.1, 0.15) is 16.6 Å². The van der Waals surface area contributed by atoms with Gasteiger partial charge in [0.2, 0.25) is 0 Å². The first-order valence-electron chi connectivity index (χ1n) is 6.79. The molecule has 0 radical (unpaired) electrons. The monoisotopic (exact) mass is 330 g/mol. The lowest BCUT2D eigenvalue weighted by atomic mass is 10.1. The molecule has 1 aromatic heterocycles. The Morgan fingerprint density at radius 1 is 1.14 bits per heavy atom. The number of nitrogens with zero attached hydrogens (tertiary/aromatic N) is 1. The zero-order valence-corrected chi connectivity index (χ0v) is 13.6. The van der Waals surface area contributed by atoms with E-state index in [1.165, 1.54) is 11.3 Å². The molecule has 0 saturated carbocycles. The van der Waals surface area contributed by atoms with Gasteiger partial charge in [0.1, 0.15) is 10.8 Å². The van der Waals surface area contributed by atoms with Crippen molar-refractivity contribution in [3.8, 4) is 17.0 Å². The highest BCUT2D eigenvalue weighted by Gasteiger charge is 2.16. The van der Waals surface area contributed by atoms with Crippen LogP contribution in [0.3, 0.4) is 0 Å². The molecule has 22 heavy (non-hydrogen) atoms. The van der Waals surface area contributed by atoms with Crippen LogP contribution in [-0.4, -0.2) is 12.1 Å². The molecule has 0 amide bonds. The first kappa shape index (κ1) is 15.0. The van der Waals surface area contributed by atoms with E-state index in [1.807, 2.05) is 53.9 Å². The molecule has 0 spiro atoms. The predicted molar refractivity (Wildman–Crippen MR) is 91.6 cm³/mol. The van der Waals surface area contributed by atoms with Gasteiger partial charge in [-0.2, -0.15) is 0 Å². The molecule has 2 aromatic carbocycles. The van der Waals surface area contributed by atoms with Crippen LogP contribution in [0.4, 0.5) is 0 Å².